The summed E-state index contributed by atoms with van der Waals surface area (Å²) in [5, 5.41) is 0. The van der Waals surface area contributed by atoms with Gasteiger partial charge in [0.25, 0.3) is 0 Å². The molecule has 0 aromatic rings. The van der Waals surface area contributed by atoms with Gasteiger partial charge in [-0.3, -0.25) is 9.69 Å². The standard InChI is InChI=1S/C14H28N2O2/c1-4-16(5-2)14(10-8-7-9-11-14)12(15)13(17)18-6-3/h12H,4-11,15H2,1-3H3/t12-/m1/s1. The molecule has 106 valence electrons. The molecule has 0 saturated heterocycles. The lowest BCUT2D eigenvalue weighted by Crippen LogP contribution is -2.64. The van der Waals surface area contributed by atoms with Gasteiger partial charge in [0.15, 0.2) is 0 Å². The van der Waals surface area contributed by atoms with Gasteiger partial charge in [-0.2, -0.15) is 0 Å². The number of carbonyl (C=O) groups excluding carboxylic acids is 1. The van der Waals surface area contributed by atoms with Gasteiger partial charge in [0.1, 0.15) is 6.04 Å². The summed E-state index contributed by atoms with van der Waals surface area (Å²) in [6.45, 7) is 8.37. The maximum Gasteiger partial charge on any atom is 0.324 e. The molecule has 1 rings (SSSR count). The maximum atomic E-state index is 12.0. The van der Waals surface area contributed by atoms with Crippen molar-refractivity contribution in [3.05, 3.63) is 0 Å². The largest absolute Gasteiger partial charge is 0.465 e. The van der Waals surface area contributed by atoms with Crippen LogP contribution in [0.15, 0.2) is 0 Å². The summed E-state index contributed by atoms with van der Waals surface area (Å²) >= 11 is 0. The molecule has 0 radical (unpaired) electrons. The van der Waals surface area contributed by atoms with E-state index in [4.69, 9.17) is 10.5 Å². The Labute approximate surface area is 111 Å². The quantitative estimate of drug-likeness (QED) is 0.738. The van der Waals surface area contributed by atoms with Crippen LogP contribution in [0.5, 0.6) is 0 Å². The van der Waals surface area contributed by atoms with Crippen molar-refractivity contribution >= 4 is 5.97 Å². The van der Waals surface area contributed by atoms with E-state index in [9.17, 15) is 4.79 Å². The minimum atomic E-state index is -0.516. The Morgan fingerprint density at radius 2 is 1.78 bits per heavy atom. The van der Waals surface area contributed by atoms with E-state index in [1.807, 2.05) is 6.92 Å². The Balaban J connectivity index is 2.91. The van der Waals surface area contributed by atoms with Gasteiger partial charge >= 0.3 is 5.97 Å². The number of carbonyl (C=O) groups is 1. The van der Waals surface area contributed by atoms with Gasteiger partial charge in [-0.05, 0) is 32.9 Å². The molecular weight excluding hydrogens is 228 g/mol. The Kier molecular flexibility index (Phi) is 6.09. The van der Waals surface area contributed by atoms with Crippen molar-refractivity contribution in [3.63, 3.8) is 0 Å². The minimum absolute atomic E-state index is 0.187. The summed E-state index contributed by atoms with van der Waals surface area (Å²) in [5.74, 6) is -0.244. The van der Waals surface area contributed by atoms with Crippen LogP contribution in [0.25, 0.3) is 0 Å². The van der Waals surface area contributed by atoms with Crippen molar-refractivity contribution in [2.24, 2.45) is 5.73 Å². The normalized spacial score (nSPS) is 20.7. The lowest BCUT2D eigenvalue weighted by atomic mass is 9.75. The van der Waals surface area contributed by atoms with Crippen LogP contribution in [0.4, 0.5) is 0 Å². The van der Waals surface area contributed by atoms with Gasteiger partial charge in [-0.1, -0.05) is 33.1 Å². The smallest absolute Gasteiger partial charge is 0.324 e. The van der Waals surface area contributed by atoms with Gasteiger partial charge in [-0.15, -0.1) is 0 Å². The lowest BCUT2D eigenvalue weighted by molar-refractivity contribution is -0.150. The van der Waals surface area contributed by atoms with E-state index in [0.29, 0.717) is 6.61 Å². The fourth-order valence-electron chi connectivity index (χ4n) is 3.29. The Morgan fingerprint density at radius 1 is 1.22 bits per heavy atom. The van der Waals surface area contributed by atoms with Crippen LogP contribution in [-0.2, 0) is 9.53 Å². The van der Waals surface area contributed by atoms with Crippen molar-refractivity contribution < 1.29 is 9.53 Å². The zero-order chi connectivity index (χ0) is 13.6. The molecule has 1 saturated carbocycles. The maximum absolute atomic E-state index is 12.0. The second kappa shape index (κ2) is 7.10. The zero-order valence-electron chi connectivity index (χ0n) is 12.1. The third-order valence-electron chi connectivity index (χ3n) is 4.23. The Morgan fingerprint density at radius 3 is 2.22 bits per heavy atom. The molecule has 0 bridgehead atoms. The highest BCUT2D eigenvalue weighted by Crippen LogP contribution is 2.36. The monoisotopic (exact) mass is 256 g/mol. The molecule has 0 spiro atoms. The van der Waals surface area contributed by atoms with Crippen molar-refractivity contribution in [1.29, 1.82) is 0 Å². The first-order valence-corrected chi connectivity index (χ1v) is 7.29. The molecule has 1 aliphatic carbocycles. The van der Waals surface area contributed by atoms with Crippen molar-refractivity contribution in [2.75, 3.05) is 19.7 Å². The predicted octanol–water partition coefficient (Wildman–Crippen LogP) is 1.92. The number of ether oxygens (including phenoxy) is 1. The van der Waals surface area contributed by atoms with E-state index in [1.54, 1.807) is 0 Å². The average Bonchev–Trinajstić information content (AvgIpc) is 2.40. The molecule has 0 amide bonds. The van der Waals surface area contributed by atoms with Gasteiger partial charge in [0, 0.05) is 5.54 Å². The molecule has 4 heteroatoms. The summed E-state index contributed by atoms with van der Waals surface area (Å²) in [6, 6.07) is -0.516. The number of nitrogens with zero attached hydrogens (tertiary/aromatic N) is 1. The summed E-state index contributed by atoms with van der Waals surface area (Å²) in [4.78, 5) is 14.4. The lowest BCUT2D eigenvalue weighted by Gasteiger charge is -2.48. The topological polar surface area (TPSA) is 55.6 Å². The van der Waals surface area contributed by atoms with Crippen LogP contribution < -0.4 is 5.73 Å². The number of hydrogen-bond acceptors (Lipinski definition) is 4. The number of likely N-dealkylation sites (N-methyl/N-ethyl adjacent to an activating group) is 1. The molecule has 0 aromatic carbocycles. The van der Waals surface area contributed by atoms with Crippen molar-refractivity contribution in [3.8, 4) is 0 Å². The molecule has 0 unspecified atom stereocenters. The van der Waals surface area contributed by atoms with Gasteiger partial charge in [-0.25, -0.2) is 0 Å². The fourth-order valence-corrected chi connectivity index (χ4v) is 3.29. The van der Waals surface area contributed by atoms with E-state index in [-0.39, 0.29) is 11.5 Å². The molecule has 0 aromatic heterocycles. The number of nitrogens with two attached hydrogens (primary N) is 1. The van der Waals surface area contributed by atoms with Gasteiger partial charge in [0.2, 0.25) is 0 Å². The molecular formula is C14H28N2O2. The third kappa shape index (κ3) is 3.04. The Bertz CT molecular complexity index is 259. The van der Waals surface area contributed by atoms with E-state index < -0.39 is 6.04 Å². The van der Waals surface area contributed by atoms with E-state index >= 15 is 0 Å². The summed E-state index contributed by atoms with van der Waals surface area (Å²) in [5.41, 5.74) is 6.06. The number of hydrogen-bond donors (Lipinski definition) is 1. The molecule has 1 atom stereocenters. The number of esters is 1. The van der Waals surface area contributed by atoms with E-state index in [1.165, 1.54) is 6.42 Å². The van der Waals surface area contributed by atoms with Crippen LogP contribution in [-0.4, -0.2) is 42.1 Å². The van der Waals surface area contributed by atoms with Crippen LogP contribution in [0.2, 0.25) is 0 Å². The summed E-state index contributed by atoms with van der Waals surface area (Å²) in [7, 11) is 0. The molecule has 2 N–H and O–H groups in total. The molecule has 0 aliphatic heterocycles. The highest BCUT2D eigenvalue weighted by atomic mass is 16.5. The zero-order valence-corrected chi connectivity index (χ0v) is 12.1. The van der Waals surface area contributed by atoms with E-state index in [2.05, 4.69) is 18.7 Å². The average molecular weight is 256 g/mol. The first-order chi connectivity index (χ1) is 8.62. The van der Waals surface area contributed by atoms with Crippen LogP contribution in [0.3, 0.4) is 0 Å². The van der Waals surface area contributed by atoms with E-state index in [0.717, 1.165) is 38.8 Å². The second-order valence-corrected chi connectivity index (χ2v) is 5.07. The van der Waals surface area contributed by atoms with Crippen LogP contribution in [0.1, 0.15) is 52.9 Å². The fraction of sp³-hybridized carbons (Fsp3) is 0.929. The van der Waals surface area contributed by atoms with Crippen molar-refractivity contribution in [2.45, 2.75) is 64.5 Å². The van der Waals surface area contributed by atoms with Crippen molar-refractivity contribution in [1.82, 2.24) is 4.90 Å². The predicted molar refractivity (Wildman–Crippen MR) is 73.3 cm³/mol. The minimum Gasteiger partial charge on any atom is -0.465 e. The van der Waals surface area contributed by atoms with Gasteiger partial charge < -0.3 is 10.5 Å². The SMILES string of the molecule is CCOC(=O)[C@@H](N)C1(N(CC)CC)CCCCC1. The first kappa shape index (κ1) is 15.4. The Hall–Kier alpha value is -0.610. The second-order valence-electron chi connectivity index (χ2n) is 5.07. The molecule has 0 heterocycles. The molecule has 1 fully saturated rings. The summed E-state index contributed by atoms with van der Waals surface area (Å²) < 4.78 is 5.13. The molecule has 18 heavy (non-hydrogen) atoms. The third-order valence-corrected chi connectivity index (χ3v) is 4.23. The first-order valence-electron chi connectivity index (χ1n) is 7.29. The highest BCUT2D eigenvalue weighted by Gasteiger charge is 2.45. The van der Waals surface area contributed by atoms with Crippen LogP contribution in [0, 0.1) is 0 Å². The summed E-state index contributed by atoms with van der Waals surface area (Å²) in [6.07, 6.45) is 5.58. The molecule has 1 aliphatic rings. The van der Waals surface area contributed by atoms with Crippen LogP contribution >= 0.6 is 0 Å². The molecule has 4 nitrogen and oxygen atoms in total. The number of rotatable bonds is 6. The highest BCUT2D eigenvalue weighted by molar-refractivity contribution is 5.77. The van der Waals surface area contributed by atoms with Gasteiger partial charge in [0.05, 0.1) is 6.61 Å².